The van der Waals surface area contributed by atoms with E-state index < -0.39 is 6.08 Å². The van der Waals surface area contributed by atoms with Crippen LogP contribution in [0.1, 0.15) is 10.4 Å². The van der Waals surface area contributed by atoms with Crippen molar-refractivity contribution >= 4 is 21.7 Å². The van der Waals surface area contributed by atoms with Crippen molar-refractivity contribution in [2.45, 2.75) is 0 Å². The molecular weight excluding hydrogens is 215 g/mol. The van der Waals surface area contributed by atoms with Gasteiger partial charge < -0.3 is 0 Å². The molecule has 0 fully saturated rings. The Kier molecular flexibility index (Phi) is 2.64. The van der Waals surface area contributed by atoms with Crippen LogP contribution in [-0.2, 0) is 0 Å². The molecule has 11 heavy (non-hydrogen) atoms. The first kappa shape index (κ1) is 8.26. The van der Waals surface area contributed by atoms with Crippen LogP contribution in [0.4, 0.5) is 4.39 Å². The number of aromatic nitrogens is 2. The summed E-state index contributed by atoms with van der Waals surface area (Å²) in [5.74, 6) is -0.162. The first-order valence-electron chi connectivity index (χ1n) is 2.80. The highest BCUT2D eigenvalue weighted by atomic mass is 79.9. The van der Waals surface area contributed by atoms with E-state index in [-0.39, 0.29) is 11.1 Å². The molecule has 1 rings (SSSR count). The van der Waals surface area contributed by atoms with Crippen molar-refractivity contribution in [2.75, 3.05) is 5.33 Å². The molecule has 0 aromatic carbocycles. The van der Waals surface area contributed by atoms with E-state index in [0.29, 0.717) is 5.56 Å². The van der Waals surface area contributed by atoms with Crippen LogP contribution in [0.2, 0.25) is 0 Å². The first-order chi connectivity index (χ1) is 5.24. The SMILES string of the molecule is O=C(CBr)c1cnc(F)nc1. The molecular formula is C6H4BrFN2O. The third-order valence-electron chi connectivity index (χ3n) is 1.06. The second-order valence-corrected chi connectivity index (χ2v) is 2.36. The zero-order valence-corrected chi connectivity index (χ0v) is 7.01. The largest absolute Gasteiger partial charge is 0.308 e. The van der Waals surface area contributed by atoms with Gasteiger partial charge in [-0.25, -0.2) is 9.97 Å². The number of ketones is 1. The van der Waals surface area contributed by atoms with E-state index >= 15 is 0 Å². The average molecular weight is 219 g/mol. The van der Waals surface area contributed by atoms with Crippen molar-refractivity contribution in [3.63, 3.8) is 0 Å². The van der Waals surface area contributed by atoms with Crippen molar-refractivity contribution in [2.24, 2.45) is 0 Å². The highest BCUT2D eigenvalue weighted by molar-refractivity contribution is 9.09. The molecule has 0 aliphatic rings. The molecule has 58 valence electrons. The maximum Gasteiger partial charge on any atom is 0.308 e. The van der Waals surface area contributed by atoms with E-state index in [1.54, 1.807) is 0 Å². The van der Waals surface area contributed by atoms with Gasteiger partial charge in [0.05, 0.1) is 10.9 Å². The third-order valence-corrected chi connectivity index (χ3v) is 1.57. The second kappa shape index (κ2) is 3.52. The summed E-state index contributed by atoms with van der Waals surface area (Å²) in [6.07, 6.45) is 1.49. The lowest BCUT2D eigenvalue weighted by molar-refractivity contribution is 0.102. The number of nitrogens with zero attached hydrogens (tertiary/aromatic N) is 2. The molecule has 0 aliphatic heterocycles. The van der Waals surface area contributed by atoms with Gasteiger partial charge in [0.2, 0.25) is 0 Å². The predicted octanol–water partition coefficient (Wildman–Crippen LogP) is 1.19. The fourth-order valence-corrected chi connectivity index (χ4v) is 0.857. The Balaban J connectivity index is 2.90. The maximum absolute atomic E-state index is 12.1. The molecule has 0 bridgehead atoms. The van der Waals surface area contributed by atoms with E-state index in [9.17, 15) is 9.18 Å². The highest BCUT2D eigenvalue weighted by Crippen LogP contribution is 1.98. The first-order valence-corrected chi connectivity index (χ1v) is 3.93. The Morgan fingerprint density at radius 1 is 1.55 bits per heavy atom. The number of carbonyl (C=O) groups is 1. The standard InChI is InChI=1S/C6H4BrFN2O/c7-1-5(11)4-2-9-6(8)10-3-4/h2-3H,1H2. The summed E-state index contributed by atoms with van der Waals surface area (Å²) in [6.45, 7) is 0. The van der Waals surface area contributed by atoms with Gasteiger partial charge in [-0.1, -0.05) is 15.9 Å². The van der Waals surface area contributed by atoms with E-state index in [1.165, 1.54) is 0 Å². The summed E-state index contributed by atoms with van der Waals surface area (Å²) in [4.78, 5) is 17.3. The molecule has 0 aliphatic carbocycles. The minimum Gasteiger partial charge on any atom is -0.293 e. The molecule has 3 nitrogen and oxygen atoms in total. The quantitative estimate of drug-likeness (QED) is 0.426. The molecule has 1 aromatic rings. The van der Waals surface area contributed by atoms with Crippen molar-refractivity contribution < 1.29 is 9.18 Å². The van der Waals surface area contributed by atoms with Gasteiger partial charge in [-0.2, -0.15) is 4.39 Å². The van der Waals surface area contributed by atoms with Crippen LogP contribution in [0.5, 0.6) is 0 Å². The zero-order valence-electron chi connectivity index (χ0n) is 5.42. The molecule has 1 aromatic heterocycles. The van der Waals surface area contributed by atoms with Gasteiger partial charge in [-0.05, 0) is 0 Å². The number of hydrogen-bond acceptors (Lipinski definition) is 3. The van der Waals surface area contributed by atoms with Crippen molar-refractivity contribution in [1.29, 1.82) is 0 Å². The van der Waals surface area contributed by atoms with Gasteiger partial charge in [0, 0.05) is 12.4 Å². The van der Waals surface area contributed by atoms with Gasteiger partial charge >= 0.3 is 6.08 Å². The normalized spacial score (nSPS) is 9.64. The highest BCUT2D eigenvalue weighted by Gasteiger charge is 2.03. The summed E-state index contributed by atoms with van der Waals surface area (Å²) < 4.78 is 12.1. The van der Waals surface area contributed by atoms with Gasteiger partial charge in [0.25, 0.3) is 0 Å². The number of halogens is 2. The maximum atomic E-state index is 12.1. The van der Waals surface area contributed by atoms with Crippen LogP contribution < -0.4 is 0 Å². The monoisotopic (exact) mass is 218 g/mol. The number of Topliss-reactive ketones (excluding diaryl/α,β-unsaturated/α-hetero) is 1. The molecule has 0 saturated carbocycles. The van der Waals surface area contributed by atoms with E-state index in [2.05, 4.69) is 25.9 Å². The lowest BCUT2D eigenvalue weighted by Gasteiger charge is -1.92. The van der Waals surface area contributed by atoms with E-state index in [0.717, 1.165) is 12.4 Å². The minimum absolute atomic E-state index is 0.162. The molecule has 1 heterocycles. The fourth-order valence-electron chi connectivity index (χ4n) is 0.533. The summed E-state index contributed by atoms with van der Waals surface area (Å²) in [5, 5.41) is 0.196. The van der Waals surface area contributed by atoms with Crippen molar-refractivity contribution in [3.05, 3.63) is 24.0 Å². The lowest BCUT2D eigenvalue weighted by atomic mass is 10.2. The molecule has 0 amide bonds. The molecule has 0 N–H and O–H groups in total. The molecule has 0 saturated heterocycles. The Hall–Kier alpha value is -0.840. The van der Waals surface area contributed by atoms with Gasteiger partial charge in [0.1, 0.15) is 0 Å². The molecule has 0 spiro atoms. The fraction of sp³-hybridized carbons (Fsp3) is 0.167. The Labute approximate surface area is 70.8 Å². The summed E-state index contributed by atoms with van der Waals surface area (Å²) in [7, 11) is 0. The smallest absolute Gasteiger partial charge is 0.293 e. The van der Waals surface area contributed by atoms with Crippen LogP contribution in [0, 0.1) is 6.08 Å². The van der Waals surface area contributed by atoms with Gasteiger partial charge in [-0.15, -0.1) is 0 Å². The van der Waals surface area contributed by atoms with E-state index in [1.807, 2.05) is 0 Å². The number of rotatable bonds is 2. The Morgan fingerprint density at radius 2 is 2.09 bits per heavy atom. The van der Waals surface area contributed by atoms with E-state index in [4.69, 9.17) is 0 Å². The number of hydrogen-bond donors (Lipinski definition) is 0. The molecule has 0 atom stereocenters. The number of carbonyl (C=O) groups excluding carboxylic acids is 1. The molecule has 0 radical (unpaired) electrons. The van der Waals surface area contributed by atoms with Crippen LogP contribution in [0.25, 0.3) is 0 Å². The van der Waals surface area contributed by atoms with Crippen LogP contribution in [0.3, 0.4) is 0 Å². The third kappa shape index (κ3) is 2.04. The van der Waals surface area contributed by atoms with Crippen molar-refractivity contribution in [1.82, 2.24) is 9.97 Å². The van der Waals surface area contributed by atoms with Crippen molar-refractivity contribution in [3.8, 4) is 0 Å². The Bertz CT molecular complexity index is 262. The molecule has 0 unspecified atom stereocenters. The summed E-state index contributed by atoms with van der Waals surface area (Å²) in [6, 6.07) is 0. The second-order valence-electron chi connectivity index (χ2n) is 1.80. The summed E-state index contributed by atoms with van der Waals surface area (Å²) in [5.41, 5.74) is 0.309. The topological polar surface area (TPSA) is 42.9 Å². The minimum atomic E-state index is -0.823. The van der Waals surface area contributed by atoms with Crippen LogP contribution in [-0.4, -0.2) is 21.1 Å². The van der Waals surface area contributed by atoms with Gasteiger partial charge in [0.15, 0.2) is 5.78 Å². The van der Waals surface area contributed by atoms with Crippen LogP contribution in [0.15, 0.2) is 12.4 Å². The summed E-state index contributed by atoms with van der Waals surface area (Å²) >= 11 is 2.97. The molecule has 5 heteroatoms. The van der Waals surface area contributed by atoms with Gasteiger partial charge in [-0.3, -0.25) is 4.79 Å². The lowest BCUT2D eigenvalue weighted by Crippen LogP contribution is -2.02. The van der Waals surface area contributed by atoms with Crippen LogP contribution >= 0.6 is 15.9 Å². The number of alkyl halides is 1. The predicted molar refractivity (Wildman–Crippen MR) is 40.1 cm³/mol. The zero-order chi connectivity index (χ0) is 8.27. The average Bonchev–Trinajstić information content (AvgIpc) is 2.05. The Morgan fingerprint density at radius 3 is 2.55 bits per heavy atom.